The van der Waals surface area contributed by atoms with Gasteiger partial charge < -0.3 is 10.2 Å². The van der Waals surface area contributed by atoms with Crippen LogP contribution >= 0.6 is 15.9 Å². The van der Waals surface area contributed by atoms with Crippen molar-refractivity contribution in [3.8, 4) is 0 Å². The predicted molar refractivity (Wildman–Crippen MR) is 111 cm³/mol. The summed E-state index contributed by atoms with van der Waals surface area (Å²) in [4.78, 5) is 37.3. The van der Waals surface area contributed by atoms with Gasteiger partial charge in [-0.3, -0.25) is 19.7 Å². The molecule has 1 atom stereocenters. The van der Waals surface area contributed by atoms with Crippen molar-refractivity contribution in [1.82, 2.24) is 0 Å². The highest BCUT2D eigenvalue weighted by Crippen LogP contribution is 2.31. The van der Waals surface area contributed by atoms with Gasteiger partial charge in [0.1, 0.15) is 0 Å². The van der Waals surface area contributed by atoms with E-state index in [2.05, 4.69) is 21.2 Å². The number of aryl methyl sites for hydroxylation is 1. The number of halogens is 1. The first-order chi connectivity index (χ1) is 13.2. The number of anilines is 2. The number of rotatable bonds is 4. The van der Waals surface area contributed by atoms with Crippen molar-refractivity contribution in [2.24, 2.45) is 5.92 Å². The summed E-state index contributed by atoms with van der Waals surface area (Å²) in [6, 6.07) is 8.36. The Bertz CT molecular complexity index is 990. The van der Waals surface area contributed by atoms with Crippen molar-refractivity contribution in [3.05, 3.63) is 61.6 Å². The van der Waals surface area contributed by atoms with Crippen molar-refractivity contribution in [3.63, 3.8) is 0 Å². The molecule has 0 bridgehead atoms. The Labute approximate surface area is 171 Å². The number of amides is 2. The molecule has 7 nitrogen and oxygen atoms in total. The van der Waals surface area contributed by atoms with Crippen molar-refractivity contribution < 1.29 is 14.5 Å². The molecule has 0 unspecified atom stereocenters. The van der Waals surface area contributed by atoms with E-state index in [1.165, 1.54) is 11.0 Å². The summed E-state index contributed by atoms with van der Waals surface area (Å²) >= 11 is 3.46. The van der Waals surface area contributed by atoms with Gasteiger partial charge in [0.25, 0.3) is 5.69 Å². The molecular weight excluding hydrogens is 426 g/mol. The molecule has 1 saturated heterocycles. The third-order valence-electron chi connectivity index (χ3n) is 5.18. The Morgan fingerprint density at radius 3 is 2.61 bits per heavy atom. The van der Waals surface area contributed by atoms with Crippen molar-refractivity contribution in [2.75, 3.05) is 16.8 Å². The molecule has 0 radical (unpaired) electrons. The van der Waals surface area contributed by atoms with Gasteiger partial charge in [-0.25, -0.2) is 0 Å². The number of carbonyl (C=O) groups excluding carboxylic acids is 2. The van der Waals surface area contributed by atoms with E-state index in [1.807, 2.05) is 26.0 Å². The Kier molecular flexibility index (Phi) is 5.51. The van der Waals surface area contributed by atoms with Crippen LogP contribution in [0.3, 0.4) is 0 Å². The first kappa shape index (κ1) is 20.0. The molecule has 1 N–H and O–H groups in total. The lowest BCUT2D eigenvalue weighted by Crippen LogP contribution is -2.28. The van der Waals surface area contributed by atoms with Gasteiger partial charge in [0.05, 0.1) is 16.5 Å². The average Bonchev–Trinajstić information content (AvgIpc) is 3.04. The molecule has 2 aromatic rings. The van der Waals surface area contributed by atoms with E-state index in [0.717, 1.165) is 15.6 Å². The third-order valence-corrected chi connectivity index (χ3v) is 6.03. The summed E-state index contributed by atoms with van der Waals surface area (Å²) in [7, 11) is 0. The molecule has 28 heavy (non-hydrogen) atoms. The molecule has 1 aliphatic heterocycles. The van der Waals surface area contributed by atoms with Crippen molar-refractivity contribution in [2.45, 2.75) is 27.2 Å². The second kappa shape index (κ2) is 7.71. The molecule has 3 rings (SSSR count). The summed E-state index contributed by atoms with van der Waals surface area (Å²) in [5, 5.41) is 14.1. The standard InChI is InChI=1S/C20H20BrN3O4/c1-11-4-5-15(9-18(11)24(27)28)23-10-14(8-19(23)25)20(26)22-17-7-6-16(21)12(2)13(17)3/h4-7,9,14H,8,10H2,1-3H3,(H,22,26)/t14-/m0/s1. The van der Waals surface area contributed by atoms with Gasteiger partial charge in [-0.2, -0.15) is 0 Å². The monoisotopic (exact) mass is 445 g/mol. The lowest BCUT2D eigenvalue weighted by molar-refractivity contribution is -0.385. The van der Waals surface area contributed by atoms with E-state index in [0.29, 0.717) is 16.9 Å². The topological polar surface area (TPSA) is 92.6 Å². The van der Waals surface area contributed by atoms with Crippen LogP contribution in [0.2, 0.25) is 0 Å². The summed E-state index contributed by atoms with van der Waals surface area (Å²) < 4.78 is 0.964. The molecule has 1 aliphatic rings. The molecule has 0 saturated carbocycles. The zero-order valence-corrected chi connectivity index (χ0v) is 17.4. The van der Waals surface area contributed by atoms with Crippen LogP contribution in [0.5, 0.6) is 0 Å². The fraction of sp³-hybridized carbons (Fsp3) is 0.300. The molecule has 2 amide bonds. The Balaban J connectivity index is 1.78. The number of carbonyl (C=O) groups is 2. The molecule has 1 heterocycles. The summed E-state index contributed by atoms with van der Waals surface area (Å²) in [6.45, 7) is 5.72. The summed E-state index contributed by atoms with van der Waals surface area (Å²) in [5.74, 6) is -0.972. The van der Waals surface area contributed by atoms with Crippen LogP contribution in [0.1, 0.15) is 23.1 Å². The minimum absolute atomic E-state index is 0.0424. The van der Waals surface area contributed by atoms with E-state index in [1.54, 1.807) is 19.1 Å². The number of nitro benzene ring substituents is 1. The second-order valence-electron chi connectivity index (χ2n) is 6.97. The number of nitro groups is 1. The second-order valence-corrected chi connectivity index (χ2v) is 7.82. The molecule has 1 fully saturated rings. The number of hydrogen-bond donors (Lipinski definition) is 1. The average molecular weight is 446 g/mol. The number of benzene rings is 2. The maximum Gasteiger partial charge on any atom is 0.274 e. The van der Waals surface area contributed by atoms with Gasteiger partial charge in [-0.1, -0.05) is 22.0 Å². The Morgan fingerprint density at radius 1 is 1.21 bits per heavy atom. The number of nitrogens with one attached hydrogen (secondary N) is 1. The minimum Gasteiger partial charge on any atom is -0.326 e. The summed E-state index contributed by atoms with van der Waals surface area (Å²) in [5.41, 5.74) is 3.62. The molecule has 0 spiro atoms. The van der Waals surface area contributed by atoms with E-state index in [-0.39, 0.29) is 30.5 Å². The van der Waals surface area contributed by atoms with Gasteiger partial charge in [0.2, 0.25) is 11.8 Å². The Morgan fingerprint density at radius 2 is 1.93 bits per heavy atom. The van der Waals surface area contributed by atoms with E-state index >= 15 is 0 Å². The van der Waals surface area contributed by atoms with Gasteiger partial charge in [0.15, 0.2) is 0 Å². The largest absolute Gasteiger partial charge is 0.326 e. The highest BCUT2D eigenvalue weighted by molar-refractivity contribution is 9.10. The molecule has 146 valence electrons. The van der Waals surface area contributed by atoms with Crippen LogP contribution in [0.4, 0.5) is 17.1 Å². The van der Waals surface area contributed by atoms with E-state index in [9.17, 15) is 19.7 Å². The van der Waals surface area contributed by atoms with E-state index in [4.69, 9.17) is 0 Å². The van der Waals surface area contributed by atoms with Crippen LogP contribution in [-0.2, 0) is 9.59 Å². The normalized spacial score (nSPS) is 16.4. The maximum absolute atomic E-state index is 12.7. The minimum atomic E-state index is -0.517. The van der Waals surface area contributed by atoms with Gasteiger partial charge in [-0.05, 0) is 50.1 Å². The Hall–Kier alpha value is -2.74. The van der Waals surface area contributed by atoms with Gasteiger partial charge >= 0.3 is 0 Å². The first-order valence-electron chi connectivity index (χ1n) is 8.81. The first-order valence-corrected chi connectivity index (χ1v) is 9.60. The van der Waals surface area contributed by atoms with Crippen molar-refractivity contribution >= 4 is 44.8 Å². The highest BCUT2D eigenvalue weighted by Gasteiger charge is 2.36. The van der Waals surface area contributed by atoms with Crippen LogP contribution in [0, 0.1) is 36.8 Å². The summed E-state index contributed by atoms with van der Waals surface area (Å²) in [6.07, 6.45) is 0.0715. The van der Waals surface area contributed by atoms with Crippen LogP contribution in [-0.4, -0.2) is 23.3 Å². The smallest absolute Gasteiger partial charge is 0.274 e. The van der Waals surface area contributed by atoms with Crippen LogP contribution < -0.4 is 10.2 Å². The van der Waals surface area contributed by atoms with E-state index < -0.39 is 10.8 Å². The SMILES string of the molecule is Cc1ccc(N2C[C@@H](C(=O)Nc3ccc(Br)c(C)c3C)CC2=O)cc1[N+](=O)[O-]. The lowest BCUT2D eigenvalue weighted by atomic mass is 10.1. The van der Waals surface area contributed by atoms with Gasteiger partial charge in [0, 0.05) is 34.8 Å². The molecule has 0 aliphatic carbocycles. The fourth-order valence-corrected chi connectivity index (χ4v) is 3.68. The quantitative estimate of drug-likeness (QED) is 0.561. The maximum atomic E-state index is 12.7. The van der Waals surface area contributed by atoms with Crippen LogP contribution in [0.25, 0.3) is 0 Å². The van der Waals surface area contributed by atoms with Crippen molar-refractivity contribution in [1.29, 1.82) is 0 Å². The molecular formula is C20H20BrN3O4. The number of nitrogens with zero attached hydrogens (tertiary/aromatic N) is 2. The highest BCUT2D eigenvalue weighted by atomic mass is 79.9. The lowest BCUT2D eigenvalue weighted by Gasteiger charge is -2.17. The van der Waals surface area contributed by atoms with Crippen LogP contribution in [0.15, 0.2) is 34.8 Å². The predicted octanol–water partition coefficient (Wildman–Crippen LogP) is 4.27. The third kappa shape index (κ3) is 3.77. The van der Waals surface area contributed by atoms with Gasteiger partial charge in [-0.15, -0.1) is 0 Å². The molecule has 2 aromatic carbocycles. The zero-order chi connectivity index (χ0) is 20.6. The zero-order valence-electron chi connectivity index (χ0n) is 15.8. The molecule has 8 heteroatoms. The fourth-order valence-electron chi connectivity index (χ4n) is 3.25. The molecule has 0 aromatic heterocycles. The number of hydrogen-bond acceptors (Lipinski definition) is 4.